The molecule has 0 aliphatic heterocycles. The third-order valence-corrected chi connectivity index (χ3v) is 5.21. The molecular formula is C17H17ClN6S. The topological polar surface area (TPSA) is 60.9 Å². The van der Waals surface area contributed by atoms with Crippen molar-refractivity contribution < 1.29 is 0 Å². The fourth-order valence-corrected chi connectivity index (χ4v) is 3.86. The van der Waals surface area contributed by atoms with Gasteiger partial charge < -0.3 is 0 Å². The maximum absolute atomic E-state index is 6.26. The highest BCUT2D eigenvalue weighted by Crippen LogP contribution is 2.27. The van der Waals surface area contributed by atoms with E-state index in [1.165, 1.54) is 11.3 Å². The quantitative estimate of drug-likeness (QED) is 0.531. The van der Waals surface area contributed by atoms with Crippen LogP contribution in [0.5, 0.6) is 0 Å². The van der Waals surface area contributed by atoms with Crippen molar-refractivity contribution in [3.63, 3.8) is 0 Å². The summed E-state index contributed by atoms with van der Waals surface area (Å²) < 4.78 is 3.82. The van der Waals surface area contributed by atoms with Gasteiger partial charge in [0.05, 0.1) is 11.4 Å². The van der Waals surface area contributed by atoms with Crippen molar-refractivity contribution in [2.45, 2.75) is 33.2 Å². The molecule has 0 saturated heterocycles. The molecule has 0 radical (unpaired) electrons. The van der Waals surface area contributed by atoms with E-state index < -0.39 is 0 Å². The lowest BCUT2D eigenvalue weighted by atomic mass is 10.1. The first-order chi connectivity index (χ1) is 12.2. The molecule has 0 aliphatic carbocycles. The maximum atomic E-state index is 6.26. The van der Waals surface area contributed by atoms with Crippen LogP contribution in [0.3, 0.4) is 0 Å². The molecule has 128 valence electrons. The molecule has 0 N–H and O–H groups in total. The average molecular weight is 373 g/mol. The summed E-state index contributed by atoms with van der Waals surface area (Å²) in [5.74, 6) is 0.781. The number of aromatic nitrogens is 6. The molecule has 0 saturated carbocycles. The molecule has 0 fully saturated rings. The van der Waals surface area contributed by atoms with E-state index in [0.29, 0.717) is 6.42 Å². The van der Waals surface area contributed by atoms with Crippen LogP contribution in [0.15, 0.2) is 30.3 Å². The number of hydrogen-bond acceptors (Lipinski definition) is 5. The molecule has 0 bridgehead atoms. The number of aryl methyl sites for hydroxylation is 2. The van der Waals surface area contributed by atoms with Crippen molar-refractivity contribution in [3.8, 4) is 10.7 Å². The molecule has 4 rings (SSSR count). The molecule has 0 amide bonds. The van der Waals surface area contributed by atoms with E-state index >= 15 is 0 Å². The predicted octanol–water partition coefficient (Wildman–Crippen LogP) is 4.01. The summed E-state index contributed by atoms with van der Waals surface area (Å²) >= 11 is 7.79. The Kier molecular flexibility index (Phi) is 4.27. The fraction of sp³-hybridized carbons (Fsp3) is 0.294. The first-order valence-electron chi connectivity index (χ1n) is 8.15. The molecule has 3 aromatic heterocycles. The lowest BCUT2D eigenvalue weighted by Gasteiger charge is -2.02. The van der Waals surface area contributed by atoms with Gasteiger partial charge >= 0.3 is 0 Å². The Morgan fingerprint density at radius 3 is 2.80 bits per heavy atom. The van der Waals surface area contributed by atoms with Gasteiger partial charge in [0.1, 0.15) is 0 Å². The average Bonchev–Trinajstić information content (AvgIpc) is 3.25. The smallest absolute Gasteiger partial charge is 0.235 e. The van der Waals surface area contributed by atoms with E-state index in [9.17, 15) is 0 Å². The Morgan fingerprint density at radius 2 is 2.00 bits per heavy atom. The number of nitrogens with zero attached hydrogens (tertiary/aromatic N) is 6. The third kappa shape index (κ3) is 3.05. The summed E-state index contributed by atoms with van der Waals surface area (Å²) in [6.45, 7) is 5.01. The standard InChI is InChI=1S/C17H17ClN6S/c1-3-8-23-14(9-11(2)21-23)16-22-24-15(19-20-17(24)25-16)10-12-6-4-5-7-13(12)18/h4-7,9H,3,8,10H2,1-2H3. The van der Waals surface area contributed by atoms with Crippen molar-refractivity contribution in [1.29, 1.82) is 0 Å². The lowest BCUT2D eigenvalue weighted by Crippen LogP contribution is -2.02. The highest BCUT2D eigenvalue weighted by molar-refractivity contribution is 7.19. The van der Waals surface area contributed by atoms with Gasteiger partial charge in [0.25, 0.3) is 0 Å². The molecule has 25 heavy (non-hydrogen) atoms. The minimum absolute atomic E-state index is 0.595. The number of fused-ring (bicyclic) bond motifs is 1. The van der Waals surface area contributed by atoms with Crippen molar-refractivity contribution in [3.05, 3.63) is 52.4 Å². The summed E-state index contributed by atoms with van der Waals surface area (Å²) in [7, 11) is 0. The van der Waals surface area contributed by atoms with E-state index in [-0.39, 0.29) is 0 Å². The zero-order valence-corrected chi connectivity index (χ0v) is 15.5. The van der Waals surface area contributed by atoms with Gasteiger partial charge in [-0.25, -0.2) is 0 Å². The summed E-state index contributed by atoms with van der Waals surface area (Å²) in [6.07, 6.45) is 1.62. The van der Waals surface area contributed by atoms with E-state index in [4.69, 9.17) is 16.7 Å². The first kappa shape index (κ1) is 16.2. The Balaban J connectivity index is 1.73. The van der Waals surface area contributed by atoms with Gasteiger partial charge in [-0.1, -0.05) is 48.1 Å². The maximum Gasteiger partial charge on any atom is 0.235 e. The molecule has 1 aromatic carbocycles. The largest absolute Gasteiger partial charge is 0.262 e. The van der Waals surface area contributed by atoms with Gasteiger partial charge in [-0.2, -0.15) is 14.7 Å². The second kappa shape index (κ2) is 6.57. The minimum Gasteiger partial charge on any atom is -0.262 e. The second-order valence-electron chi connectivity index (χ2n) is 5.88. The number of benzene rings is 1. The van der Waals surface area contributed by atoms with Crippen molar-refractivity contribution >= 4 is 27.9 Å². The highest BCUT2D eigenvalue weighted by atomic mass is 35.5. The van der Waals surface area contributed by atoms with E-state index in [1.54, 1.807) is 0 Å². The molecule has 4 aromatic rings. The summed E-state index contributed by atoms with van der Waals surface area (Å²) in [6, 6.07) is 9.83. The van der Waals surface area contributed by atoms with Gasteiger partial charge in [0.2, 0.25) is 4.96 Å². The van der Waals surface area contributed by atoms with Crippen LogP contribution in [0.4, 0.5) is 0 Å². The van der Waals surface area contributed by atoms with Crippen molar-refractivity contribution in [2.24, 2.45) is 0 Å². The molecule has 6 nitrogen and oxygen atoms in total. The van der Waals surface area contributed by atoms with Gasteiger partial charge in [0, 0.05) is 18.0 Å². The summed E-state index contributed by atoms with van der Waals surface area (Å²) in [4.78, 5) is 0.777. The Morgan fingerprint density at radius 1 is 1.16 bits per heavy atom. The van der Waals surface area contributed by atoms with Crippen LogP contribution in [-0.4, -0.2) is 29.6 Å². The summed E-state index contributed by atoms with van der Waals surface area (Å²) in [5.41, 5.74) is 3.03. The Hall–Kier alpha value is -2.25. The zero-order valence-electron chi connectivity index (χ0n) is 14.0. The van der Waals surface area contributed by atoms with E-state index in [0.717, 1.165) is 50.7 Å². The minimum atomic E-state index is 0.595. The second-order valence-corrected chi connectivity index (χ2v) is 7.24. The molecule has 3 heterocycles. The third-order valence-electron chi connectivity index (χ3n) is 3.92. The van der Waals surface area contributed by atoms with Gasteiger partial charge in [-0.15, -0.1) is 10.2 Å². The lowest BCUT2D eigenvalue weighted by molar-refractivity contribution is 0.603. The van der Waals surface area contributed by atoms with Gasteiger partial charge in [-0.05, 0) is 31.0 Å². The first-order valence-corrected chi connectivity index (χ1v) is 9.34. The van der Waals surface area contributed by atoms with Crippen molar-refractivity contribution in [2.75, 3.05) is 0 Å². The molecule has 0 spiro atoms. The normalized spacial score (nSPS) is 11.5. The molecule has 8 heteroatoms. The zero-order chi connectivity index (χ0) is 17.4. The van der Waals surface area contributed by atoms with Crippen LogP contribution in [-0.2, 0) is 13.0 Å². The molecular weight excluding hydrogens is 356 g/mol. The number of rotatable bonds is 5. The van der Waals surface area contributed by atoms with Gasteiger partial charge in [0.15, 0.2) is 10.8 Å². The van der Waals surface area contributed by atoms with Crippen LogP contribution in [0.1, 0.15) is 30.4 Å². The van der Waals surface area contributed by atoms with Crippen LogP contribution in [0.2, 0.25) is 5.02 Å². The summed E-state index contributed by atoms with van der Waals surface area (Å²) in [5, 5.41) is 19.5. The van der Waals surface area contributed by atoms with Gasteiger partial charge in [-0.3, -0.25) is 4.68 Å². The fourth-order valence-electron chi connectivity index (χ4n) is 2.78. The molecule has 0 atom stereocenters. The predicted molar refractivity (Wildman–Crippen MR) is 99.2 cm³/mol. The van der Waals surface area contributed by atoms with E-state index in [2.05, 4.69) is 28.3 Å². The monoisotopic (exact) mass is 372 g/mol. The van der Waals surface area contributed by atoms with Crippen LogP contribution in [0.25, 0.3) is 15.7 Å². The van der Waals surface area contributed by atoms with Crippen molar-refractivity contribution in [1.82, 2.24) is 29.6 Å². The van der Waals surface area contributed by atoms with Crippen LogP contribution < -0.4 is 0 Å². The van der Waals surface area contributed by atoms with Crippen LogP contribution >= 0.6 is 22.9 Å². The Labute approximate surface area is 154 Å². The van der Waals surface area contributed by atoms with E-state index in [1.807, 2.05) is 40.4 Å². The van der Waals surface area contributed by atoms with Crippen LogP contribution in [0, 0.1) is 6.92 Å². The molecule has 0 aliphatic rings. The SMILES string of the molecule is CCCn1nc(C)cc1-c1nn2c(Cc3ccccc3Cl)nnc2s1. The molecule has 0 unspecified atom stereocenters. The number of halogens is 1. The Bertz CT molecular complexity index is 1030. The highest BCUT2D eigenvalue weighted by Gasteiger charge is 2.17. The number of hydrogen-bond donors (Lipinski definition) is 0.